The van der Waals surface area contributed by atoms with Gasteiger partial charge in [-0.1, -0.05) is 19.1 Å². The second-order valence-corrected chi connectivity index (χ2v) is 5.30. The van der Waals surface area contributed by atoms with Crippen molar-refractivity contribution < 1.29 is 9.47 Å². The number of methoxy groups -OCH3 is 1. The SMILES string of the molecule is CCC(NC1CCOC(C)C1)c1ccc(OC)cc1. The van der Waals surface area contributed by atoms with E-state index in [-0.39, 0.29) is 0 Å². The molecular weight excluding hydrogens is 238 g/mol. The highest BCUT2D eigenvalue weighted by Crippen LogP contribution is 2.23. The summed E-state index contributed by atoms with van der Waals surface area (Å²) in [6.07, 6.45) is 3.68. The Morgan fingerprint density at radius 2 is 2.11 bits per heavy atom. The van der Waals surface area contributed by atoms with E-state index in [2.05, 4.69) is 31.3 Å². The van der Waals surface area contributed by atoms with Crippen molar-refractivity contribution in [1.29, 1.82) is 0 Å². The molecule has 0 bridgehead atoms. The van der Waals surface area contributed by atoms with Crippen LogP contribution in [0.1, 0.15) is 44.7 Å². The number of hydrogen-bond donors (Lipinski definition) is 1. The van der Waals surface area contributed by atoms with E-state index in [1.165, 1.54) is 5.56 Å². The van der Waals surface area contributed by atoms with E-state index in [9.17, 15) is 0 Å². The molecule has 1 N–H and O–H groups in total. The molecule has 3 unspecified atom stereocenters. The van der Waals surface area contributed by atoms with Crippen molar-refractivity contribution in [1.82, 2.24) is 5.32 Å². The van der Waals surface area contributed by atoms with Gasteiger partial charge in [0.2, 0.25) is 0 Å². The van der Waals surface area contributed by atoms with Crippen molar-refractivity contribution in [3.8, 4) is 5.75 Å². The smallest absolute Gasteiger partial charge is 0.118 e. The zero-order valence-corrected chi connectivity index (χ0v) is 12.2. The maximum Gasteiger partial charge on any atom is 0.118 e. The summed E-state index contributed by atoms with van der Waals surface area (Å²) < 4.78 is 10.8. The Labute approximate surface area is 116 Å². The van der Waals surface area contributed by atoms with Crippen molar-refractivity contribution in [2.45, 2.75) is 51.3 Å². The van der Waals surface area contributed by atoms with Gasteiger partial charge in [-0.3, -0.25) is 0 Å². The Balaban J connectivity index is 1.98. The van der Waals surface area contributed by atoms with Gasteiger partial charge >= 0.3 is 0 Å². The normalized spacial score (nSPS) is 25.0. The van der Waals surface area contributed by atoms with Crippen molar-refractivity contribution in [3.63, 3.8) is 0 Å². The molecule has 19 heavy (non-hydrogen) atoms. The Morgan fingerprint density at radius 1 is 1.37 bits per heavy atom. The van der Waals surface area contributed by atoms with Crippen LogP contribution in [0.25, 0.3) is 0 Å². The van der Waals surface area contributed by atoms with Gasteiger partial charge in [-0.25, -0.2) is 0 Å². The lowest BCUT2D eigenvalue weighted by atomic mass is 9.99. The molecule has 3 nitrogen and oxygen atoms in total. The number of ether oxygens (including phenoxy) is 2. The summed E-state index contributed by atoms with van der Waals surface area (Å²) in [6.45, 7) is 5.25. The topological polar surface area (TPSA) is 30.5 Å². The van der Waals surface area contributed by atoms with Crippen LogP contribution in [0.4, 0.5) is 0 Å². The fraction of sp³-hybridized carbons (Fsp3) is 0.625. The fourth-order valence-corrected chi connectivity index (χ4v) is 2.72. The second kappa shape index (κ2) is 6.92. The molecule has 0 aliphatic carbocycles. The van der Waals surface area contributed by atoms with E-state index in [0.717, 1.165) is 31.6 Å². The molecule has 0 spiro atoms. The zero-order chi connectivity index (χ0) is 13.7. The largest absolute Gasteiger partial charge is 0.497 e. The van der Waals surface area contributed by atoms with Crippen LogP contribution in [-0.4, -0.2) is 25.9 Å². The van der Waals surface area contributed by atoms with Crippen molar-refractivity contribution >= 4 is 0 Å². The number of rotatable bonds is 5. The molecule has 3 atom stereocenters. The van der Waals surface area contributed by atoms with Gasteiger partial charge in [-0.2, -0.15) is 0 Å². The third kappa shape index (κ3) is 3.95. The summed E-state index contributed by atoms with van der Waals surface area (Å²) >= 11 is 0. The molecule has 0 saturated carbocycles. The summed E-state index contributed by atoms with van der Waals surface area (Å²) in [4.78, 5) is 0. The molecule has 1 aliphatic heterocycles. The molecule has 0 radical (unpaired) electrons. The third-order valence-electron chi connectivity index (χ3n) is 3.85. The summed E-state index contributed by atoms with van der Waals surface area (Å²) in [5.74, 6) is 0.915. The van der Waals surface area contributed by atoms with Crippen molar-refractivity contribution in [2.75, 3.05) is 13.7 Å². The highest BCUT2D eigenvalue weighted by atomic mass is 16.5. The van der Waals surface area contributed by atoms with E-state index in [1.54, 1.807) is 7.11 Å². The average molecular weight is 263 g/mol. The van der Waals surface area contributed by atoms with Gasteiger partial charge in [-0.05, 0) is 43.9 Å². The lowest BCUT2D eigenvalue weighted by Crippen LogP contribution is -2.39. The molecule has 1 aromatic rings. The monoisotopic (exact) mass is 263 g/mol. The Kier molecular flexibility index (Phi) is 5.23. The summed E-state index contributed by atoms with van der Waals surface area (Å²) in [5, 5.41) is 3.77. The summed E-state index contributed by atoms with van der Waals surface area (Å²) in [7, 11) is 1.70. The minimum absolute atomic E-state index is 0.375. The first-order valence-electron chi connectivity index (χ1n) is 7.24. The van der Waals surface area contributed by atoms with Crippen LogP contribution in [0.3, 0.4) is 0 Å². The molecule has 0 aromatic heterocycles. The maximum atomic E-state index is 5.60. The van der Waals surface area contributed by atoms with E-state index in [4.69, 9.17) is 9.47 Å². The minimum Gasteiger partial charge on any atom is -0.497 e. The van der Waals surface area contributed by atoms with Crippen LogP contribution in [0.5, 0.6) is 5.75 Å². The summed E-state index contributed by atoms with van der Waals surface area (Å²) in [6, 6.07) is 9.36. The van der Waals surface area contributed by atoms with Gasteiger partial charge in [-0.15, -0.1) is 0 Å². The van der Waals surface area contributed by atoms with E-state index >= 15 is 0 Å². The molecule has 106 valence electrons. The maximum absolute atomic E-state index is 5.60. The molecule has 0 amide bonds. The minimum atomic E-state index is 0.375. The van der Waals surface area contributed by atoms with Crippen molar-refractivity contribution in [2.24, 2.45) is 0 Å². The molecule has 1 heterocycles. The Morgan fingerprint density at radius 3 is 2.68 bits per heavy atom. The predicted molar refractivity (Wildman–Crippen MR) is 77.6 cm³/mol. The first kappa shape index (κ1) is 14.4. The molecule has 1 aliphatic rings. The number of hydrogen-bond acceptors (Lipinski definition) is 3. The van der Waals surface area contributed by atoms with Gasteiger partial charge in [0.05, 0.1) is 13.2 Å². The van der Waals surface area contributed by atoms with Gasteiger partial charge in [0, 0.05) is 18.7 Å². The predicted octanol–water partition coefficient (Wildman–Crippen LogP) is 3.30. The average Bonchev–Trinajstić information content (AvgIpc) is 2.45. The first-order chi connectivity index (χ1) is 9.22. The van der Waals surface area contributed by atoms with Crippen LogP contribution >= 0.6 is 0 Å². The second-order valence-electron chi connectivity index (χ2n) is 5.30. The van der Waals surface area contributed by atoms with Crippen LogP contribution in [0.15, 0.2) is 24.3 Å². The molecular formula is C16H25NO2. The summed E-state index contributed by atoms with van der Waals surface area (Å²) in [5.41, 5.74) is 1.34. The van der Waals surface area contributed by atoms with Gasteiger partial charge in [0.25, 0.3) is 0 Å². The Hall–Kier alpha value is -1.06. The quantitative estimate of drug-likeness (QED) is 0.884. The Bertz CT molecular complexity index is 377. The van der Waals surface area contributed by atoms with Gasteiger partial charge in [0.1, 0.15) is 5.75 Å². The van der Waals surface area contributed by atoms with Crippen molar-refractivity contribution in [3.05, 3.63) is 29.8 Å². The van der Waals surface area contributed by atoms with E-state index < -0.39 is 0 Å². The van der Waals surface area contributed by atoms with Crippen LogP contribution < -0.4 is 10.1 Å². The molecule has 2 rings (SSSR count). The molecule has 1 saturated heterocycles. The lowest BCUT2D eigenvalue weighted by Gasteiger charge is -2.31. The fourth-order valence-electron chi connectivity index (χ4n) is 2.72. The highest BCUT2D eigenvalue weighted by molar-refractivity contribution is 5.29. The molecule has 1 fully saturated rings. The van der Waals surface area contributed by atoms with Crippen LogP contribution in [0.2, 0.25) is 0 Å². The third-order valence-corrected chi connectivity index (χ3v) is 3.85. The number of benzene rings is 1. The molecule has 3 heteroatoms. The van der Waals surface area contributed by atoms with Gasteiger partial charge < -0.3 is 14.8 Å². The highest BCUT2D eigenvalue weighted by Gasteiger charge is 2.22. The standard InChI is InChI=1S/C16H25NO2/c1-4-16(13-5-7-15(18-3)8-6-13)17-14-9-10-19-12(2)11-14/h5-8,12,14,16-17H,4,9-11H2,1-3H3. The van der Waals surface area contributed by atoms with E-state index in [0.29, 0.717) is 18.2 Å². The zero-order valence-electron chi connectivity index (χ0n) is 12.2. The molecule has 1 aromatic carbocycles. The first-order valence-corrected chi connectivity index (χ1v) is 7.24. The number of nitrogens with one attached hydrogen (secondary N) is 1. The van der Waals surface area contributed by atoms with Crippen LogP contribution in [-0.2, 0) is 4.74 Å². The van der Waals surface area contributed by atoms with Crippen LogP contribution in [0, 0.1) is 0 Å². The lowest BCUT2D eigenvalue weighted by molar-refractivity contribution is 0.0111. The van der Waals surface area contributed by atoms with Gasteiger partial charge in [0.15, 0.2) is 0 Å². The van der Waals surface area contributed by atoms with E-state index in [1.807, 2.05) is 12.1 Å².